The van der Waals surface area contributed by atoms with Gasteiger partial charge in [0.15, 0.2) is 0 Å². The van der Waals surface area contributed by atoms with E-state index in [0.29, 0.717) is 23.6 Å². The van der Waals surface area contributed by atoms with Gasteiger partial charge in [-0.05, 0) is 43.2 Å². The number of amides is 1. The number of anilines is 3. The number of pyridine rings is 1. The predicted octanol–water partition coefficient (Wildman–Crippen LogP) is 4.20. The molecular formula is C24H22FN5O. The number of nitrogens with one attached hydrogen (secondary N) is 1. The first-order valence-electron chi connectivity index (χ1n) is 10.1. The highest BCUT2D eigenvalue weighted by molar-refractivity contribution is 5.93. The molecule has 0 spiro atoms. The number of piperidine rings is 1. The number of aromatic nitrogens is 1. The summed E-state index contributed by atoms with van der Waals surface area (Å²) in [4.78, 5) is 19.2. The van der Waals surface area contributed by atoms with Gasteiger partial charge < -0.3 is 16.0 Å². The highest BCUT2D eigenvalue weighted by Gasteiger charge is 2.26. The Morgan fingerprint density at radius 3 is 2.74 bits per heavy atom. The summed E-state index contributed by atoms with van der Waals surface area (Å²) in [6, 6.07) is 19.2. The van der Waals surface area contributed by atoms with Crippen LogP contribution < -0.4 is 16.0 Å². The predicted molar refractivity (Wildman–Crippen MR) is 119 cm³/mol. The maximum atomic E-state index is 14.1. The quantitative estimate of drug-likeness (QED) is 0.666. The number of para-hydroxylation sites is 1. The van der Waals surface area contributed by atoms with Gasteiger partial charge in [0, 0.05) is 36.1 Å². The van der Waals surface area contributed by atoms with Crippen molar-refractivity contribution in [2.24, 2.45) is 5.92 Å². The molecule has 3 N–H and O–H groups in total. The van der Waals surface area contributed by atoms with Gasteiger partial charge >= 0.3 is 0 Å². The molecule has 7 heteroatoms. The maximum Gasteiger partial charge on any atom is 0.229 e. The molecule has 0 radical (unpaired) electrons. The molecule has 6 nitrogen and oxygen atoms in total. The highest BCUT2D eigenvalue weighted by Crippen LogP contribution is 2.30. The molecule has 1 aromatic heterocycles. The number of nitriles is 1. The van der Waals surface area contributed by atoms with Crippen molar-refractivity contribution in [1.29, 1.82) is 5.26 Å². The minimum absolute atomic E-state index is 0.00712. The lowest BCUT2D eigenvalue weighted by molar-refractivity contribution is -0.120. The van der Waals surface area contributed by atoms with E-state index >= 15 is 0 Å². The molecule has 0 unspecified atom stereocenters. The van der Waals surface area contributed by atoms with Gasteiger partial charge in [-0.1, -0.05) is 24.3 Å². The summed E-state index contributed by atoms with van der Waals surface area (Å²) >= 11 is 0. The number of halogens is 1. The summed E-state index contributed by atoms with van der Waals surface area (Å²) in [5.74, 6) is -0.444. The first kappa shape index (κ1) is 20.4. The van der Waals surface area contributed by atoms with Crippen molar-refractivity contribution in [3.63, 3.8) is 0 Å². The Balaban J connectivity index is 1.54. The van der Waals surface area contributed by atoms with Gasteiger partial charge in [-0.2, -0.15) is 5.26 Å². The molecule has 1 aliphatic rings. The van der Waals surface area contributed by atoms with Crippen molar-refractivity contribution in [3.8, 4) is 17.3 Å². The van der Waals surface area contributed by atoms with Crippen LogP contribution in [0, 0.1) is 23.1 Å². The number of hydrogen-bond acceptors (Lipinski definition) is 5. The second-order valence-electron chi connectivity index (χ2n) is 7.58. The van der Waals surface area contributed by atoms with Gasteiger partial charge in [0.25, 0.3) is 0 Å². The van der Waals surface area contributed by atoms with E-state index in [0.717, 1.165) is 30.8 Å². The number of nitrogens with zero attached hydrogens (tertiary/aromatic N) is 3. The summed E-state index contributed by atoms with van der Waals surface area (Å²) < 4.78 is 14.1. The van der Waals surface area contributed by atoms with Crippen LogP contribution >= 0.6 is 0 Å². The number of carbonyl (C=O) groups excluding carboxylic acids is 1. The Hall–Kier alpha value is -3.92. The zero-order valence-corrected chi connectivity index (χ0v) is 16.9. The second-order valence-corrected chi connectivity index (χ2v) is 7.58. The average molecular weight is 415 g/mol. The van der Waals surface area contributed by atoms with Crippen LogP contribution in [0.15, 0.2) is 60.7 Å². The van der Waals surface area contributed by atoms with Crippen molar-refractivity contribution in [2.75, 3.05) is 29.0 Å². The van der Waals surface area contributed by atoms with Crippen molar-refractivity contribution in [1.82, 2.24) is 4.98 Å². The molecule has 0 bridgehead atoms. The molecule has 156 valence electrons. The molecule has 0 saturated carbocycles. The SMILES string of the molecule is N#Cc1ccc(-c2cc(N3CCC[C@H](C(=O)Nc4ccccc4)C3)cc(N)n2)cc1F. The number of nitrogen functional groups attached to an aromatic ring is 1. The third-order valence-electron chi connectivity index (χ3n) is 5.41. The fourth-order valence-corrected chi connectivity index (χ4v) is 3.82. The van der Waals surface area contributed by atoms with Crippen LogP contribution in [0.5, 0.6) is 0 Å². The van der Waals surface area contributed by atoms with Crippen LogP contribution in [0.4, 0.5) is 21.6 Å². The van der Waals surface area contributed by atoms with Crippen LogP contribution in [0.3, 0.4) is 0 Å². The van der Waals surface area contributed by atoms with Gasteiger partial charge in [0.1, 0.15) is 17.7 Å². The van der Waals surface area contributed by atoms with Gasteiger partial charge in [-0.25, -0.2) is 9.37 Å². The molecule has 1 saturated heterocycles. The summed E-state index contributed by atoms with van der Waals surface area (Å²) in [6.07, 6.45) is 1.68. The van der Waals surface area contributed by atoms with Crippen LogP contribution in [-0.4, -0.2) is 24.0 Å². The fraction of sp³-hybridized carbons (Fsp3) is 0.208. The van der Waals surface area contributed by atoms with Crippen LogP contribution in [-0.2, 0) is 4.79 Å². The third-order valence-corrected chi connectivity index (χ3v) is 5.41. The van der Waals surface area contributed by atoms with Gasteiger partial charge in [-0.15, -0.1) is 0 Å². The molecule has 1 aliphatic heterocycles. The lowest BCUT2D eigenvalue weighted by Gasteiger charge is -2.34. The Morgan fingerprint density at radius 2 is 2.00 bits per heavy atom. The molecule has 0 aliphatic carbocycles. The summed E-state index contributed by atoms with van der Waals surface area (Å²) in [6.45, 7) is 1.35. The zero-order valence-electron chi connectivity index (χ0n) is 16.9. The summed E-state index contributed by atoms with van der Waals surface area (Å²) in [5, 5.41) is 11.9. The fourth-order valence-electron chi connectivity index (χ4n) is 3.82. The van der Waals surface area contributed by atoms with Gasteiger partial charge in [0.2, 0.25) is 5.91 Å². The van der Waals surface area contributed by atoms with Crippen molar-refractivity contribution >= 4 is 23.1 Å². The maximum absolute atomic E-state index is 14.1. The van der Waals surface area contributed by atoms with Crippen molar-refractivity contribution < 1.29 is 9.18 Å². The summed E-state index contributed by atoms with van der Waals surface area (Å²) in [7, 11) is 0. The highest BCUT2D eigenvalue weighted by atomic mass is 19.1. The normalized spacial score (nSPS) is 15.9. The summed E-state index contributed by atoms with van der Waals surface area (Å²) in [5.41, 5.74) is 8.70. The van der Waals surface area contributed by atoms with Crippen molar-refractivity contribution in [2.45, 2.75) is 12.8 Å². The topological polar surface area (TPSA) is 95.0 Å². The Bertz CT molecular complexity index is 1140. The van der Waals surface area contributed by atoms with Crippen molar-refractivity contribution in [3.05, 3.63) is 72.0 Å². The molecule has 2 aromatic carbocycles. The molecular weight excluding hydrogens is 393 g/mol. The van der Waals surface area contributed by atoms with E-state index in [1.54, 1.807) is 12.1 Å². The minimum atomic E-state index is -0.596. The first-order valence-corrected chi connectivity index (χ1v) is 10.1. The van der Waals surface area contributed by atoms with E-state index in [9.17, 15) is 9.18 Å². The standard InChI is InChI=1S/C24H22FN5O/c25-21-11-16(8-9-17(21)14-26)22-12-20(13-23(27)29-22)30-10-4-5-18(15-30)24(31)28-19-6-2-1-3-7-19/h1-3,6-9,11-13,18H,4-5,10,15H2,(H2,27,29)(H,28,31)/t18-/m0/s1. The Labute approximate surface area is 180 Å². The average Bonchev–Trinajstić information content (AvgIpc) is 2.79. The molecule has 1 fully saturated rings. The van der Waals surface area contributed by atoms with E-state index in [-0.39, 0.29) is 17.4 Å². The van der Waals surface area contributed by atoms with Gasteiger partial charge in [-0.3, -0.25) is 4.79 Å². The molecule has 3 aromatic rings. The van der Waals surface area contributed by atoms with E-state index in [4.69, 9.17) is 11.0 Å². The van der Waals surface area contributed by atoms with Crippen LogP contribution in [0.25, 0.3) is 11.3 Å². The number of carbonyl (C=O) groups is 1. The zero-order chi connectivity index (χ0) is 21.8. The van der Waals surface area contributed by atoms with E-state index in [1.165, 1.54) is 12.1 Å². The van der Waals surface area contributed by atoms with Gasteiger partial charge in [0.05, 0.1) is 17.2 Å². The van der Waals surface area contributed by atoms with E-state index in [2.05, 4.69) is 15.2 Å². The number of nitrogens with two attached hydrogens (primary N) is 1. The lowest BCUT2D eigenvalue weighted by Crippen LogP contribution is -2.40. The molecule has 1 amide bonds. The minimum Gasteiger partial charge on any atom is -0.384 e. The van der Waals surface area contributed by atoms with Crippen LogP contribution in [0.1, 0.15) is 18.4 Å². The van der Waals surface area contributed by atoms with E-state index < -0.39 is 5.82 Å². The molecule has 4 rings (SSSR count). The smallest absolute Gasteiger partial charge is 0.229 e. The third kappa shape index (κ3) is 4.64. The molecule has 1 atom stereocenters. The lowest BCUT2D eigenvalue weighted by atomic mass is 9.96. The largest absolute Gasteiger partial charge is 0.384 e. The van der Waals surface area contributed by atoms with Crippen LogP contribution in [0.2, 0.25) is 0 Å². The number of benzene rings is 2. The molecule has 31 heavy (non-hydrogen) atoms. The Morgan fingerprint density at radius 1 is 1.19 bits per heavy atom. The Kier molecular flexibility index (Phi) is 5.80. The second kappa shape index (κ2) is 8.84. The van der Waals surface area contributed by atoms with E-state index in [1.807, 2.05) is 42.5 Å². The molecule has 2 heterocycles. The number of hydrogen-bond donors (Lipinski definition) is 2. The first-order chi connectivity index (χ1) is 15.0. The monoisotopic (exact) mass is 415 g/mol. The number of rotatable bonds is 4.